The SMILES string of the molecule is CCNC(=O)[C@H]1CCCN(c2nc3ncn(CC(=O)NCc4ccc(F)cc4F)c(=O)c3s2)C1. The summed E-state index contributed by atoms with van der Waals surface area (Å²) in [6.07, 6.45) is 2.89. The van der Waals surface area contributed by atoms with Crippen LogP contribution >= 0.6 is 11.3 Å². The number of thiazole rings is 1. The van der Waals surface area contributed by atoms with E-state index in [9.17, 15) is 23.2 Å². The molecule has 2 amide bonds. The molecule has 1 fully saturated rings. The molecule has 180 valence electrons. The van der Waals surface area contributed by atoms with E-state index in [1.54, 1.807) is 0 Å². The Morgan fingerprint density at radius 2 is 2.09 bits per heavy atom. The maximum atomic E-state index is 13.7. The van der Waals surface area contributed by atoms with Crippen LogP contribution in [0.15, 0.2) is 29.3 Å². The molecule has 1 saturated heterocycles. The van der Waals surface area contributed by atoms with Crippen molar-refractivity contribution >= 4 is 38.6 Å². The average molecular weight is 491 g/mol. The Labute approximate surface area is 197 Å². The predicted molar refractivity (Wildman–Crippen MR) is 124 cm³/mol. The van der Waals surface area contributed by atoms with Gasteiger partial charge < -0.3 is 15.5 Å². The first-order chi connectivity index (χ1) is 16.4. The van der Waals surface area contributed by atoms with Gasteiger partial charge in [-0.05, 0) is 25.8 Å². The van der Waals surface area contributed by atoms with Crippen molar-refractivity contribution in [2.75, 3.05) is 24.5 Å². The molecule has 4 rings (SSSR count). The molecule has 2 aromatic heterocycles. The number of fused-ring (bicyclic) bond motifs is 1. The first-order valence-electron chi connectivity index (χ1n) is 10.9. The summed E-state index contributed by atoms with van der Waals surface area (Å²) in [6.45, 7) is 3.26. The van der Waals surface area contributed by atoms with E-state index < -0.39 is 23.1 Å². The van der Waals surface area contributed by atoms with Gasteiger partial charge in [0.2, 0.25) is 11.8 Å². The van der Waals surface area contributed by atoms with E-state index in [0.717, 1.165) is 36.1 Å². The standard InChI is InChI=1S/C22H24F2N6O3S/c1-2-25-20(32)14-4-3-7-29(10-14)22-28-19-18(34-22)21(33)30(12-27-19)11-17(31)26-9-13-5-6-15(23)8-16(13)24/h5-6,8,12,14H,2-4,7,9-11H2,1H3,(H,25,32)(H,26,31)/t14-/m0/s1. The van der Waals surface area contributed by atoms with Gasteiger partial charge in [-0.3, -0.25) is 19.0 Å². The topological polar surface area (TPSA) is 109 Å². The van der Waals surface area contributed by atoms with Crippen LogP contribution in [0.2, 0.25) is 0 Å². The molecule has 0 unspecified atom stereocenters. The third-order valence-corrected chi connectivity index (χ3v) is 6.68. The van der Waals surface area contributed by atoms with Crippen molar-refractivity contribution in [2.24, 2.45) is 5.92 Å². The van der Waals surface area contributed by atoms with Crippen molar-refractivity contribution in [2.45, 2.75) is 32.9 Å². The molecule has 3 aromatic rings. The molecule has 0 radical (unpaired) electrons. The summed E-state index contributed by atoms with van der Waals surface area (Å²) in [4.78, 5) is 48.1. The smallest absolute Gasteiger partial charge is 0.273 e. The highest BCUT2D eigenvalue weighted by Crippen LogP contribution is 2.29. The summed E-state index contributed by atoms with van der Waals surface area (Å²) in [5.41, 5.74) is 0.0135. The van der Waals surface area contributed by atoms with Gasteiger partial charge in [0.05, 0.1) is 5.92 Å². The summed E-state index contributed by atoms with van der Waals surface area (Å²) >= 11 is 1.18. The van der Waals surface area contributed by atoms with Crippen LogP contribution in [0, 0.1) is 17.6 Å². The van der Waals surface area contributed by atoms with Crippen LogP contribution in [0.5, 0.6) is 0 Å². The van der Waals surface area contributed by atoms with Crippen LogP contribution < -0.4 is 21.1 Å². The molecule has 0 aliphatic carbocycles. The second-order valence-corrected chi connectivity index (χ2v) is 9.00. The van der Waals surface area contributed by atoms with Crippen LogP contribution in [0.4, 0.5) is 13.9 Å². The van der Waals surface area contributed by atoms with Crippen molar-refractivity contribution < 1.29 is 18.4 Å². The van der Waals surface area contributed by atoms with Crippen LogP contribution in [0.25, 0.3) is 10.3 Å². The first-order valence-corrected chi connectivity index (χ1v) is 11.8. The van der Waals surface area contributed by atoms with Crippen molar-refractivity contribution in [3.05, 3.63) is 52.1 Å². The van der Waals surface area contributed by atoms with E-state index in [1.165, 1.54) is 23.7 Å². The summed E-state index contributed by atoms with van der Waals surface area (Å²) in [7, 11) is 0. The molecule has 0 spiro atoms. The van der Waals surface area contributed by atoms with Gasteiger partial charge in [-0.25, -0.2) is 13.8 Å². The minimum Gasteiger partial charge on any atom is -0.356 e. The molecule has 2 N–H and O–H groups in total. The van der Waals surface area contributed by atoms with Crippen LogP contribution in [-0.4, -0.2) is 46.0 Å². The van der Waals surface area contributed by atoms with Gasteiger partial charge in [0.15, 0.2) is 10.8 Å². The second kappa shape index (κ2) is 10.2. The molecule has 1 aromatic carbocycles. The molecule has 1 aliphatic rings. The monoisotopic (exact) mass is 490 g/mol. The average Bonchev–Trinajstić information content (AvgIpc) is 3.26. The molecule has 1 atom stereocenters. The van der Waals surface area contributed by atoms with Gasteiger partial charge in [0, 0.05) is 37.8 Å². The summed E-state index contributed by atoms with van der Waals surface area (Å²) in [6, 6.07) is 3.10. The fraction of sp³-hybridized carbons (Fsp3) is 0.409. The van der Waals surface area contributed by atoms with E-state index in [0.29, 0.717) is 22.9 Å². The van der Waals surface area contributed by atoms with Gasteiger partial charge in [-0.2, -0.15) is 4.98 Å². The van der Waals surface area contributed by atoms with Crippen molar-refractivity contribution in [3.63, 3.8) is 0 Å². The van der Waals surface area contributed by atoms with E-state index in [2.05, 4.69) is 20.6 Å². The number of hydrogen-bond donors (Lipinski definition) is 2. The third-order valence-electron chi connectivity index (χ3n) is 5.59. The Morgan fingerprint density at radius 3 is 2.85 bits per heavy atom. The van der Waals surface area contributed by atoms with Crippen LogP contribution in [-0.2, 0) is 22.7 Å². The molecule has 9 nitrogen and oxygen atoms in total. The number of hydrogen-bond acceptors (Lipinski definition) is 7. The summed E-state index contributed by atoms with van der Waals surface area (Å²) < 4.78 is 28.2. The third kappa shape index (κ3) is 5.22. The number of carbonyl (C=O) groups excluding carboxylic acids is 2. The zero-order chi connectivity index (χ0) is 24.2. The number of rotatable bonds is 7. The summed E-state index contributed by atoms with van der Waals surface area (Å²) in [5, 5.41) is 5.98. The minimum absolute atomic E-state index is 0.0142. The Bertz CT molecular complexity index is 1280. The van der Waals surface area contributed by atoms with Gasteiger partial charge in [-0.15, -0.1) is 0 Å². The van der Waals surface area contributed by atoms with Gasteiger partial charge in [0.25, 0.3) is 5.56 Å². The number of aromatic nitrogens is 3. The van der Waals surface area contributed by atoms with E-state index in [-0.39, 0.29) is 36.1 Å². The van der Waals surface area contributed by atoms with Crippen molar-refractivity contribution in [1.82, 2.24) is 25.2 Å². The van der Waals surface area contributed by atoms with Gasteiger partial charge in [0.1, 0.15) is 29.2 Å². The maximum Gasteiger partial charge on any atom is 0.273 e. The number of nitrogens with zero attached hydrogens (tertiary/aromatic N) is 4. The van der Waals surface area contributed by atoms with Gasteiger partial charge in [-0.1, -0.05) is 17.4 Å². The molecule has 0 saturated carbocycles. The lowest BCUT2D eigenvalue weighted by molar-refractivity contribution is -0.125. The molecule has 3 heterocycles. The van der Waals surface area contributed by atoms with Crippen LogP contribution in [0.1, 0.15) is 25.3 Å². The van der Waals surface area contributed by atoms with E-state index in [4.69, 9.17) is 0 Å². The molecule has 12 heteroatoms. The number of carbonyl (C=O) groups is 2. The fourth-order valence-corrected chi connectivity index (χ4v) is 4.84. The summed E-state index contributed by atoms with van der Waals surface area (Å²) in [5.74, 6) is -2.10. The molecule has 0 bridgehead atoms. The highest BCUT2D eigenvalue weighted by atomic mass is 32.1. The number of amides is 2. The first kappa shape index (κ1) is 23.7. The van der Waals surface area contributed by atoms with E-state index >= 15 is 0 Å². The molecule has 1 aliphatic heterocycles. The zero-order valence-corrected chi connectivity index (χ0v) is 19.3. The lowest BCUT2D eigenvalue weighted by Crippen LogP contribution is -2.43. The highest BCUT2D eigenvalue weighted by Gasteiger charge is 2.27. The number of piperidine rings is 1. The fourth-order valence-electron chi connectivity index (χ4n) is 3.84. The number of nitrogens with one attached hydrogen (secondary N) is 2. The zero-order valence-electron chi connectivity index (χ0n) is 18.5. The van der Waals surface area contributed by atoms with Crippen molar-refractivity contribution in [1.29, 1.82) is 0 Å². The highest BCUT2D eigenvalue weighted by molar-refractivity contribution is 7.22. The number of halogens is 2. The van der Waals surface area contributed by atoms with Crippen LogP contribution in [0.3, 0.4) is 0 Å². The molecule has 34 heavy (non-hydrogen) atoms. The Kier molecular flexibility index (Phi) is 7.15. The lowest BCUT2D eigenvalue weighted by Gasteiger charge is -2.31. The largest absolute Gasteiger partial charge is 0.356 e. The number of anilines is 1. The predicted octanol–water partition coefficient (Wildman–Crippen LogP) is 1.80. The molecular weight excluding hydrogens is 466 g/mol. The Balaban J connectivity index is 1.45. The Hall–Kier alpha value is -3.41. The number of benzene rings is 1. The lowest BCUT2D eigenvalue weighted by atomic mass is 9.97. The van der Waals surface area contributed by atoms with Crippen molar-refractivity contribution in [3.8, 4) is 0 Å². The normalized spacial score (nSPS) is 16.0. The van der Waals surface area contributed by atoms with E-state index in [1.807, 2.05) is 11.8 Å². The maximum absolute atomic E-state index is 13.7. The van der Waals surface area contributed by atoms with Gasteiger partial charge >= 0.3 is 0 Å². The minimum atomic E-state index is -0.759. The quantitative estimate of drug-likeness (QED) is 0.523. The second-order valence-electron chi connectivity index (χ2n) is 8.02. The Morgan fingerprint density at radius 1 is 1.26 bits per heavy atom. The molecular formula is C22H24F2N6O3S.